The summed E-state index contributed by atoms with van der Waals surface area (Å²) in [7, 11) is 3.09. The van der Waals surface area contributed by atoms with Crippen LogP contribution in [-0.4, -0.2) is 43.3 Å². The summed E-state index contributed by atoms with van der Waals surface area (Å²) in [5.74, 6) is -0.154. The second kappa shape index (κ2) is 10.2. The van der Waals surface area contributed by atoms with Gasteiger partial charge in [-0.2, -0.15) is 0 Å². The number of hydrogen-bond donors (Lipinski definition) is 1. The average molecular weight is 313 g/mol. The Hall–Kier alpha value is -1.60. The first-order chi connectivity index (χ1) is 9.51. The van der Waals surface area contributed by atoms with Crippen LogP contribution < -0.4 is 5.32 Å². The normalized spacial score (nSPS) is 11.6. The van der Waals surface area contributed by atoms with Crippen molar-refractivity contribution in [1.82, 2.24) is 10.2 Å². The van der Waals surface area contributed by atoms with E-state index in [2.05, 4.69) is 23.0 Å². The number of amides is 1. The smallest absolute Gasteiger partial charge is 0.295 e. The van der Waals surface area contributed by atoms with Crippen LogP contribution in [0, 0.1) is 0 Å². The van der Waals surface area contributed by atoms with E-state index in [0.29, 0.717) is 11.7 Å². The fourth-order valence-corrected chi connectivity index (χ4v) is 1.69. The van der Waals surface area contributed by atoms with Gasteiger partial charge in [0.2, 0.25) is 0 Å². The van der Waals surface area contributed by atoms with Crippen LogP contribution in [0.2, 0.25) is 0 Å². The van der Waals surface area contributed by atoms with E-state index in [1.165, 1.54) is 24.0 Å². The molecule has 5 nitrogen and oxygen atoms in total. The van der Waals surface area contributed by atoms with Crippen molar-refractivity contribution in [3.05, 3.63) is 35.5 Å². The molecule has 0 unspecified atom stereocenters. The van der Waals surface area contributed by atoms with Gasteiger partial charge in [0, 0.05) is 25.5 Å². The number of carbonyl (C=O) groups excluding carboxylic acids is 1. The lowest BCUT2D eigenvalue weighted by atomic mass is 10.2. The number of carbonyl (C=O) groups is 1. The number of allylic oxidation sites excluding steroid dienone is 2. The summed E-state index contributed by atoms with van der Waals surface area (Å²) in [6.45, 7) is 9.10. The van der Waals surface area contributed by atoms with Gasteiger partial charge in [-0.3, -0.25) is 9.69 Å². The minimum absolute atomic E-state index is 0.183. The summed E-state index contributed by atoms with van der Waals surface area (Å²) in [6.07, 6.45) is 3.21. The van der Waals surface area contributed by atoms with Crippen LogP contribution in [-0.2, 0) is 9.53 Å². The molecule has 0 aliphatic carbocycles. The van der Waals surface area contributed by atoms with Gasteiger partial charge in [0.25, 0.3) is 5.91 Å². The molecule has 0 spiro atoms. The number of methoxy groups -OCH3 is 1. The first-order valence-corrected chi connectivity index (χ1v) is 6.95. The lowest BCUT2D eigenvalue weighted by Gasteiger charge is -2.22. The maximum Gasteiger partial charge on any atom is 0.295 e. The third-order valence-corrected chi connectivity index (χ3v) is 3.17. The SMILES string of the molecule is C=CCN(C(=O)/C(=C/C(C)=C/SN=C)OC)C(=S)NC. The molecule has 110 valence electrons. The molecule has 0 aliphatic rings. The molecule has 0 aromatic rings. The molecule has 0 bridgehead atoms. The summed E-state index contributed by atoms with van der Waals surface area (Å²) in [4.78, 5) is 13.7. The first-order valence-electron chi connectivity index (χ1n) is 5.70. The number of rotatable bonds is 7. The highest BCUT2D eigenvalue weighted by molar-refractivity contribution is 8.01. The quantitative estimate of drug-likeness (QED) is 0.149. The van der Waals surface area contributed by atoms with Crippen molar-refractivity contribution >= 4 is 41.9 Å². The maximum absolute atomic E-state index is 12.4. The molecule has 7 heteroatoms. The lowest BCUT2D eigenvalue weighted by molar-refractivity contribution is -0.126. The van der Waals surface area contributed by atoms with Crippen LogP contribution in [0.5, 0.6) is 0 Å². The summed E-state index contributed by atoms with van der Waals surface area (Å²) < 4.78 is 8.78. The molecular formula is C13H19N3O2S2. The summed E-state index contributed by atoms with van der Waals surface area (Å²) >= 11 is 6.27. The van der Waals surface area contributed by atoms with Gasteiger partial charge in [0.05, 0.1) is 7.11 Å². The number of nitrogens with zero attached hydrogens (tertiary/aromatic N) is 2. The molecule has 0 saturated carbocycles. The zero-order valence-corrected chi connectivity index (χ0v) is 13.5. The van der Waals surface area contributed by atoms with Gasteiger partial charge in [-0.05, 0) is 42.9 Å². The average Bonchev–Trinajstić information content (AvgIpc) is 2.46. The molecular weight excluding hydrogens is 294 g/mol. The molecule has 0 rings (SSSR count). The Morgan fingerprint density at radius 3 is 2.70 bits per heavy atom. The van der Waals surface area contributed by atoms with Crippen molar-refractivity contribution in [2.75, 3.05) is 20.7 Å². The van der Waals surface area contributed by atoms with Gasteiger partial charge in [0.15, 0.2) is 10.9 Å². The van der Waals surface area contributed by atoms with Gasteiger partial charge in [0.1, 0.15) is 0 Å². The molecule has 0 heterocycles. The van der Waals surface area contributed by atoms with E-state index in [-0.39, 0.29) is 11.7 Å². The Kier molecular flexibility index (Phi) is 9.40. The summed E-state index contributed by atoms with van der Waals surface area (Å²) in [5, 5.41) is 4.83. The monoisotopic (exact) mass is 313 g/mol. The summed E-state index contributed by atoms with van der Waals surface area (Å²) in [6, 6.07) is 0. The number of hydrogen-bond acceptors (Lipinski definition) is 5. The third kappa shape index (κ3) is 6.03. The molecule has 1 amide bonds. The van der Waals surface area contributed by atoms with Gasteiger partial charge >= 0.3 is 0 Å². The van der Waals surface area contributed by atoms with Crippen LogP contribution >= 0.6 is 24.2 Å². The fourth-order valence-electron chi connectivity index (χ4n) is 1.22. The van der Waals surface area contributed by atoms with Gasteiger partial charge in [-0.25, -0.2) is 4.40 Å². The number of ether oxygens (including phenoxy) is 1. The molecule has 0 saturated heterocycles. The van der Waals surface area contributed by atoms with E-state index in [1.807, 2.05) is 6.92 Å². The van der Waals surface area contributed by atoms with Crippen molar-refractivity contribution in [1.29, 1.82) is 0 Å². The Labute approximate surface area is 129 Å². The standard InChI is InChI=1S/C13H19N3O2S2/c1-6-7-16(13(19)14-3)12(17)11(18-5)8-10(2)9-20-15-4/h6,8-9H,1,4,7H2,2-3,5H3,(H,14,19)/b10-9+,11-8-. The van der Waals surface area contributed by atoms with Gasteiger partial charge in [-0.1, -0.05) is 6.08 Å². The second-order valence-corrected chi connectivity index (χ2v) is 4.66. The van der Waals surface area contributed by atoms with Crippen molar-refractivity contribution in [3.63, 3.8) is 0 Å². The Morgan fingerprint density at radius 2 is 2.25 bits per heavy atom. The molecule has 0 aromatic carbocycles. The van der Waals surface area contributed by atoms with E-state index in [4.69, 9.17) is 17.0 Å². The highest BCUT2D eigenvalue weighted by Gasteiger charge is 2.21. The van der Waals surface area contributed by atoms with Crippen LogP contribution in [0.15, 0.2) is 39.9 Å². The zero-order valence-electron chi connectivity index (χ0n) is 11.9. The fraction of sp³-hybridized carbons (Fsp3) is 0.308. The van der Waals surface area contributed by atoms with Gasteiger partial charge < -0.3 is 10.1 Å². The van der Waals surface area contributed by atoms with E-state index in [9.17, 15) is 4.79 Å². The van der Waals surface area contributed by atoms with Crippen LogP contribution in [0.1, 0.15) is 6.92 Å². The van der Waals surface area contributed by atoms with Crippen molar-refractivity contribution in [2.45, 2.75) is 6.92 Å². The zero-order chi connectivity index (χ0) is 15.5. The third-order valence-electron chi connectivity index (χ3n) is 2.12. The predicted octanol–water partition coefficient (Wildman–Crippen LogP) is 2.29. The Bertz CT molecular complexity index is 445. The molecule has 0 atom stereocenters. The molecule has 0 fully saturated rings. The molecule has 0 radical (unpaired) electrons. The largest absolute Gasteiger partial charge is 0.491 e. The van der Waals surface area contributed by atoms with E-state index in [0.717, 1.165) is 5.57 Å². The van der Waals surface area contributed by atoms with E-state index < -0.39 is 0 Å². The maximum atomic E-state index is 12.4. The number of thiocarbonyl (C=S) groups is 1. The minimum atomic E-state index is -0.337. The van der Waals surface area contributed by atoms with E-state index in [1.54, 1.807) is 24.6 Å². The van der Waals surface area contributed by atoms with Crippen molar-refractivity contribution < 1.29 is 9.53 Å². The Balaban J connectivity index is 5.25. The summed E-state index contributed by atoms with van der Waals surface area (Å²) in [5.41, 5.74) is 0.821. The van der Waals surface area contributed by atoms with Crippen LogP contribution in [0.25, 0.3) is 0 Å². The molecule has 0 aliphatic heterocycles. The number of nitrogens with one attached hydrogen (secondary N) is 1. The molecule has 1 N–H and O–H groups in total. The first kappa shape index (κ1) is 18.4. The van der Waals surface area contributed by atoms with E-state index >= 15 is 0 Å². The minimum Gasteiger partial charge on any atom is -0.491 e. The molecule has 20 heavy (non-hydrogen) atoms. The highest BCUT2D eigenvalue weighted by Crippen LogP contribution is 2.12. The van der Waals surface area contributed by atoms with Crippen LogP contribution in [0.4, 0.5) is 0 Å². The van der Waals surface area contributed by atoms with Crippen molar-refractivity contribution in [3.8, 4) is 0 Å². The van der Waals surface area contributed by atoms with Gasteiger partial charge in [-0.15, -0.1) is 6.58 Å². The highest BCUT2D eigenvalue weighted by atomic mass is 32.2. The topological polar surface area (TPSA) is 53.9 Å². The lowest BCUT2D eigenvalue weighted by Crippen LogP contribution is -2.43. The predicted molar refractivity (Wildman–Crippen MR) is 89.6 cm³/mol. The molecule has 0 aromatic heterocycles. The van der Waals surface area contributed by atoms with Crippen molar-refractivity contribution in [2.24, 2.45) is 4.40 Å². The van der Waals surface area contributed by atoms with Crippen LogP contribution in [0.3, 0.4) is 0 Å². The Morgan fingerprint density at radius 1 is 1.60 bits per heavy atom. The second-order valence-electron chi connectivity index (χ2n) is 3.57.